The molecule has 0 aromatic carbocycles. The molecular weight excluding hydrogens is 498 g/mol. The number of carbonyl (C=O) groups excluding carboxylic acids is 1. The quantitative estimate of drug-likeness (QED) is 0.160. The van der Waals surface area contributed by atoms with E-state index in [2.05, 4.69) is 61.1 Å². The molecule has 0 radical (unpaired) electrons. The normalized spacial score (nSPS) is 33.6. The molecule has 1 N–H and O–H groups in total. The largest absolute Gasteiger partial charge is 0.469 e. The van der Waals surface area contributed by atoms with Gasteiger partial charge in [-0.2, -0.15) is 0 Å². The van der Waals surface area contributed by atoms with Crippen LogP contribution in [0.5, 0.6) is 0 Å². The maximum absolute atomic E-state index is 15.5. The molecule has 3 unspecified atom stereocenters. The van der Waals surface area contributed by atoms with E-state index in [4.69, 9.17) is 4.74 Å². The van der Waals surface area contributed by atoms with E-state index in [1.165, 1.54) is 7.11 Å². The first kappa shape index (κ1) is 26.0. The van der Waals surface area contributed by atoms with Crippen LogP contribution >= 0.6 is 22.6 Å². The van der Waals surface area contributed by atoms with Gasteiger partial charge < -0.3 is 14.6 Å². The molecule has 2 rings (SSSR count). The van der Waals surface area contributed by atoms with Crippen molar-refractivity contribution in [3.63, 3.8) is 0 Å². The van der Waals surface area contributed by atoms with Gasteiger partial charge in [-0.15, -0.1) is 0 Å². The lowest BCUT2D eigenvalue weighted by atomic mass is 9.79. The van der Waals surface area contributed by atoms with Crippen LogP contribution in [0.4, 0.5) is 4.39 Å². The molecule has 0 spiro atoms. The summed E-state index contributed by atoms with van der Waals surface area (Å²) in [6, 6.07) is 0. The topological polar surface area (TPSA) is 55.8 Å². The summed E-state index contributed by atoms with van der Waals surface area (Å²) >= 11 is 2.27. The van der Waals surface area contributed by atoms with Gasteiger partial charge in [-0.1, -0.05) is 75.3 Å². The van der Waals surface area contributed by atoms with Crippen LogP contribution in [0.1, 0.15) is 72.6 Å². The van der Waals surface area contributed by atoms with Gasteiger partial charge in [0.2, 0.25) is 0 Å². The zero-order chi connectivity index (χ0) is 22.5. The SMILES string of the molecule is CCCCC(C)(C)[C@H](O)/C=C/[C@@H]1[C@H]2C(F)C(C(I)CCCC(=O)OC)O[C@H]2C[C@H]1C. The van der Waals surface area contributed by atoms with Gasteiger partial charge in [-0.3, -0.25) is 4.79 Å². The van der Waals surface area contributed by atoms with E-state index in [1.807, 2.05) is 6.08 Å². The fourth-order valence-electron chi connectivity index (χ4n) is 4.95. The van der Waals surface area contributed by atoms with Crippen molar-refractivity contribution in [2.24, 2.45) is 23.2 Å². The highest BCUT2D eigenvalue weighted by Gasteiger charge is 2.55. The summed E-state index contributed by atoms with van der Waals surface area (Å²) in [6.45, 7) is 8.51. The molecular formula is C24H40FIO4. The third-order valence-electron chi connectivity index (χ3n) is 7.08. The third kappa shape index (κ3) is 6.41. The number of halogens is 2. The fraction of sp³-hybridized carbons (Fsp3) is 0.875. The van der Waals surface area contributed by atoms with Crippen LogP contribution < -0.4 is 0 Å². The molecule has 2 aliphatic rings. The van der Waals surface area contributed by atoms with Crippen molar-refractivity contribution < 1.29 is 23.8 Å². The molecule has 1 heterocycles. The predicted octanol–water partition coefficient (Wildman–Crippen LogP) is 5.64. The molecule has 0 aromatic rings. The van der Waals surface area contributed by atoms with E-state index < -0.39 is 18.4 Å². The van der Waals surface area contributed by atoms with Crippen molar-refractivity contribution in [1.82, 2.24) is 0 Å². The Morgan fingerprint density at radius 2 is 2.10 bits per heavy atom. The number of esters is 1. The molecule has 30 heavy (non-hydrogen) atoms. The average molecular weight is 538 g/mol. The van der Waals surface area contributed by atoms with E-state index in [0.29, 0.717) is 18.8 Å². The second-order valence-corrected chi connectivity index (χ2v) is 11.5. The van der Waals surface area contributed by atoms with E-state index in [9.17, 15) is 9.90 Å². The minimum atomic E-state index is -1.01. The summed E-state index contributed by atoms with van der Waals surface area (Å²) in [6.07, 6.45) is 7.76. The molecule has 174 valence electrons. The van der Waals surface area contributed by atoms with Crippen LogP contribution in [-0.2, 0) is 14.3 Å². The van der Waals surface area contributed by atoms with Crippen molar-refractivity contribution in [3.05, 3.63) is 12.2 Å². The van der Waals surface area contributed by atoms with Gasteiger partial charge in [0.15, 0.2) is 0 Å². The smallest absolute Gasteiger partial charge is 0.305 e. The Balaban J connectivity index is 1.97. The summed E-state index contributed by atoms with van der Waals surface area (Å²) in [5, 5.41) is 10.7. The molecule has 0 bridgehead atoms. The summed E-state index contributed by atoms with van der Waals surface area (Å²) in [4.78, 5) is 11.3. The number of hydrogen-bond acceptors (Lipinski definition) is 4. The number of fused-ring (bicyclic) bond motifs is 1. The summed E-state index contributed by atoms with van der Waals surface area (Å²) in [5.41, 5.74) is -0.176. The van der Waals surface area contributed by atoms with Gasteiger partial charge in [0.05, 0.1) is 19.3 Å². The number of rotatable bonds is 11. The monoisotopic (exact) mass is 538 g/mol. The molecule has 1 saturated heterocycles. The molecule has 1 aliphatic heterocycles. The van der Waals surface area contributed by atoms with E-state index >= 15 is 4.39 Å². The van der Waals surface area contributed by atoms with Gasteiger partial charge in [-0.05, 0) is 42.9 Å². The first-order valence-electron chi connectivity index (χ1n) is 11.5. The Labute approximate surface area is 195 Å². The highest BCUT2D eigenvalue weighted by molar-refractivity contribution is 14.1. The number of carbonyl (C=O) groups is 1. The summed E-state index contributed by atoms with van der Waals surface area (Å²) in [5.74, 6) is 0.0582. The van der Waals surface area contributed by atoms with Crippen molar-refractivity contribution in [2.45, 2.75) is 101 Å². The lowest BCUT2D eigenvalue weighted by molar-refractivity contribution is -0.140. The molecule has 8 atom stereocenters. The average Bonchev–Trinajstić information content (AvgIpc) is 3.19. The van der Waals surface area contributed by atoms with Crippen LogP contribution in [0, 0.1) is 23.2 Å². The molecule has 6 heteroatoms. The van der Waals surface area contributed by atoms with Crippen molar-refractivity contribution in [2.75, 3.05) is 7.11 Å². The number of methoxy groups -OCH3 is 1. The number of hydrogen-bond donors (Lipinski definition) is 1. The van der Waals surface area contributed by atoms with Crippen molar-refractivity contribution >= 4 is 28.6 Å². The highest BCUT2D eigenvalue weighted by atomic mass is 127. The molecule has 0 aromatic heterocycles. The molecule has 1 saturated carbocycles. The number of unbranched alkanes of at least 4 members (excludes halogenated alkanes) is 1. The minimum Gasteiger partial charge on any atom is -0.469 e. The maximum atomic E-state index is 15.5. The number of aliphatic hydroxyl groups is 1. The molecule has 1 aliphatic carbocycles. The van der Waals surface area contributed by atoms with Crippen LogP contribution in [0.2, 0.25) is 0 Å². The van der Waals surface area contributed by atoms with Crippen molar-refractivity contribution in [3.8, 4) is 0 Å². The fourth-order valence-corrected chi connectivity index (χ4v) is 5.96. The van der Waals surface area contributed by atoms with Gasteiger partial charge in [-0.25, -0.2) is 4.39 Å². The molecule has 2 fully saturated rings. The Bertz CT molecular complexity index is 582. The van der Waals surface area contributed by atoms with Crippen LogP contribution in [-0.4, -0.2) is 46.6 Å². The Morgan fingerprint density at radius 3 is 2.73 bits per heavy atom. The van der Waals surface area contributed by atoms with E-state index in [1.54, 1.807) is 0 Å². The second-order valence-electron chi connectivity index (χ2n) is 9.86. The maximum Gasteiger partial charge on any atom is 0.305 e. The minimum absolute atomic E-state index is 0.0337. The Kier molecular flexibility index (Phi) is 10.1. The van der Waals surface area contributed by atoms with E-state index in [0.717, 1.165) is 32.1 Å². The van der Waals surface area contributed by atoms with Gasteiger partial charge in [0.25, 0.3) is 0 Å². The summed E-state index contributed by atoms with van der Waals surface area (Å²) < 4.78 is 26.4. The first-order valence-corrected chi connectivity index (χ1v) is 12.7. The number of alkyl halides is 2. The van der Waals surface area contributed by atoms with Gasteiger partial charge in [0.1, 0.15) is 12.3 Å². The number of aliphatic hydroxyl groups excluding tert-OH is 1. The predicted molar refractivity (Wildman–Crippen MR) is 126 cm³/mol. The van der Waals surface area contributed by atoms with E-state index in [-0.39, 0.29) is 33.2 Å². The second kappa shape index (κ2) is 11.6. The Morgan fingerprint density at radius 1 is 1.40 bits per heavy atom. The zero-order valence-electron chi connectivity index (χ0n) is 19.2. The Hall–Kier alpha value is -0.210. The first-order chi connectivity index (χ1) is 14.1. The van der Waals surface area contributed by atoms with Crippen LogP contribution in [0.3, 0.4) is 0 Å². The highest BCUT2D eigenvalue weighted by Crippen LogP contribution is 2.50. The molecule has 4 nitrogen and oxygen atoms in total. The lowest BCUT2D eigenvalue weighted by Crippen LogP contribution is -2.33. The third-order valence-corrected chi connectivity index (χ3v) is 8.42. The summed E-state index contributed by atoms with van der Waals surface area (Å²) in [7, 11) is 1.39. The number of allylic oxidation sites excluding steroid dienone is 1. The lowest BCUT2D eigenvalue weighted by Gasteiger charge is -2.29. The number of ether oxygens (including phenoxy) is 2. The standard InChI is InChI=1S/C24H40FIO4/c1-6-7-13-24(3,4)19(27)12-11-16-15(2)14-18-21(16)22(25)23(30-18)17(26)9-8-10-20(28)29-5/h11-12,15-19,21-23,27H,6-10,13-14H2,1-5H3/b12-11+/t15-,16+,17?,18+,19-,21-,22?,23?/m1/s1. The van der Waals surface area contributed by atoms with Crippen LogP contribution in [0.25, 0.3) is 0 Å². The van der Waals surface area contributed by atoms with Crippen molar-refractivity contribution in [1.29, 1.82) is 0 Å². The van der Waals surface area contributed by atoms with Gasteiger partial charge in [0, 0.05) is 16.3 Å². The van der Waals surface area contributed by atoms with Gasteiger partial charge >= 0.3 is 5.97 Å². The van der Waals surface area contributed by atoms with Crippen LogP contribution in [0.15, 0.2) is 12.2 Å². The molecule has 0 amide bonds. The zero-order valence-corrected chi connectivity index (χ0v) is 21.3.